The first kappa shape index (κ1) is 15.7. The van der Waals surface area contributed by atoms with E-state index in [0.29, 0.717) is 18.5 Å². The fourth-order valence-electron chi connectivity index (χ4n) is 1.62. The molecule has 0 radical (unpaired) electrons. The van der Waals surface area contributed by atoms with E-state index in [-0.39, 0.29) is 0 Å². The minimum atomic E-state index is 0.614. The fraction of sp³-hybridized carbons (Fsp3) is 0.714. The lowest BCUT2D eigenvalue weighted by atomic mass is 10.2. The molecule has 1 aromatic rings. The minimum absolute atomic E-state index is 0.614. The Balaban J connectivity index is 2.20. The van der Waals surface area contributed by atoms with E-state index in [4.69, 9.17) is 4.74 Å². The first-order valence-electron chi connectivity index (χ1n) is 7.02. The van der Waals surface area contributed by atoms with Crippen molar-refractivity contribution in [2.24, 2.45) is 0 Å². The van der Waals surface area contributed by atoms with Crippen LogP contribution in [0.3, 0.4) is 0 Å². The predicted molar refractivity (Wildman–Crippen MR) is 78.7 cm³/mol. The summed E-state index contributed by atoms with van der Waals surface area (Å²) in [5, 5.41) is 3.30. The summed E-state index contributed by atoms with van der Waals surface area (Å²) in [5.41, 5.74) is 0. The van der Waals surface area contributed by atoms with E-state index in [1.807, 2.05) is 13.0 Å². The molecule has 0 amide bonds. The molecule has 1 rings (SSSR count). The van der Waals surface area contributed by atoms with Crippen LogP contribution in [-0.2, 0) is 0 Å². The number of ether oxygens (including phenoxy) is 1. The quantitative estimate of drug-likeness (QED) is 0.696. The number of nitrogens with one attached hydrogen (secondary N) is 1. The maximum absolute atomic E-state index is 5.33. The lowest BCUT2D eigenvalue weighted by Gasteiger charge is -2.20. The van der Waals surface area contributed by atoms with Gasteiger partial charge in [-0.15, -0.1) is 0 Å². The van der Waals surface area contributed by atoms with E-state index >= 15 is 0 Å². The van der Waals surface area contributed by atoms with Gasteiger partial charge in [0.15, 0.2) is 0 Å². The van der Waals surface area contributed by atoms with Crippen molar-refractivity contribution in [3.63, 3.8) is 0 Å². The number of rotatable bonds is 9. The smallest absolute Gasteiger partial charge is 0.218 e. The number of hydrogen-bond acceptors (Lipinski definition) is 5. The summed E-state index contributed by atoms with van der Waals surface area (Å²) in [5.74, 6) is 1.45. The first-order chi connectivity index (χ1) is 9.13. The second kappa shape index (κ2) is 8.69. The highest BCUT2D eigenvalue weighted by molar-refractivity contribution is 5.36. The third-order valence-corrected chi connectivity index (χ3v) is 3.06. The number of nitrogens with zero attached hydrogens (tertiary/aromatic N) is 3. The van der Waals surface area contributed by atoms with Gasteiger partial charge in [0.2, 0.25) is 5.88 Å². The molecule has 108 valence electrons. The summed E-state index contributed by atoms with van der Waals surface area (Å²) in [6, 6.07) is 2.45. The van der Waals surface area contributed by atoms with Crippen LogP contribution in [0.5, 0.6) is 5.88 Å². The molecular weight excluding hydrogens is 240 g/mol. The maximum atomic E-state index is 5.33. The van der Waals surface area contributed by atoms with E-state index in [1.165, 1.54) is 12.7 Å². The van der Waals surface area contributed by atoms with Crippen molar-refractivity contribution in [2.75, 3.05) is 32.1 Å². The van der Waals surface area contributed by atoms with Crippen LogP contribution in [0.25, 0.3) is 0 Å². The third kappa shape index (κ3) is 6.38. The monoisotopic (exact) mass is 266 g/mol. The van der Waals surface area contributed by atoms with Gasteiger partial charge in [-0.2, -0.15) is 0 Å². The van der Waals surface area contributed by atoms with Crippen molar-refractivity contribution in [1.29, 1.82) is 0 Å². The van der Waals surface area contributed by atoms with Crippen molar-refractivity contribution in [2.45, 2.75) is 39.7 Å². The zero-order valence-electron chi connectivity index (χ0n) is 12.5. The molecule has 0 aromatic carbocycles. The molecule has 1 heterocycles. The van der Waals surface area contributed by atoms with Gasteiger partial charge in [-0.1, -0.05) is 0 Å². The molecule has 1 N–H and O–H groups in total. The summed E-state index contributed by atoms with van der Waals surface area (Å²) >= 11 is 0. The highest BCUT2D eigenvalue weighted by atomic mass is 16.5. The Morgan fingerprint density at radius 3 is 2.79 bits per heavy atom. The molecule has 0 spiro atoms. The summed E-state index contributed by atoms with van der Waals surface area (Å²) in [6.07, 6.45) is 3.84. The summed E-state index contributed by atoms with van der Waals surface area (Å²) in [7, 11) is 2.16. The Kier molecular flexibility index (Phi) is 7.18. The molecule has 0 aliphatic rings. The van der Waals surface area contributed by atoms with E-state index in [2.05, 4.69) is 41.1 Å². The summed E-state index contributed by atoms with van der Waals surface area (Å²) in [6.45, 7) is 9.06. The van der Waals surface area contributed by atoms with Gasteiger partial charge in [0.25, 0.3) is 0 Å². The molecule has 0 bridgehead atoms. The number of unbranched alkanes of at least 4 members (excludes halogenated alkanes) is 1. The van der Waals surface area contributed by atoms with Gasteiger partial charge < -0.3 is 15.0 Å². The van der Waals surface area contributed by atoms with Gasteiger partial charge in [-0.3, -0.25) is 0 Å². The molecule has 0 atom stereocenters. The van der Waals surface area contributed by atoms with Crippen LogP contribution < -0.4 is 10.1 Å². The van der Waals surface area contributed by atoms with Crippen LogP contribution in [0.15, 0.2) is 12.4 Å². The molecular formula is C14H26N4O. The molecule has 0 aliphatic carbocycles. The van der Waals surface area contributed by atoms with Crippen molar-refractivity contribution in [1.82, 2.24) is 14.9 Å². The average Bonchev–Trinajstić information content (AvgIpc) is 2.39. The Bertz CT molecular complexity index is 357. The topological polar surface area (TPSA) is 50.3 Å². The second-order valence-electron chi connectivity index (χ2n) is 4.88. The van der Waals surface area contributed by atoms with Crippen LogP contribution in [0, 0.1) is 0 Å². The third-order valence-electron chi connectivity index (χ3n) is 3.06. The normalized spacial score (nSPS) is 11.1. The standard InChI is InChI=1S/C14H26N4O/c1-5-19-14-10-13(16-11-17-14)15-8-6-7-9-18(4)12(2)3/h10-12H,5-9H2,1-4H3,(H,15,16,17). The van der Waals surface area contributed by atoms with E-state index < -0.39 is 0 Å². The highest BCUT2D eigenvalue weighted by Gasteiger charge is 2.02. The SMILES string of the molecule is CCOc1cc(NCCCCN(C)C(C)C)ncn1. The van der Waals surface area contributed by atoms with Gasteiger partial charge >= 0.3 is 0 Å². The van der Waals surface area contributed by atoms with Crippen molar-refractivity contribution in [3.05, 3.63) is 12.4 Å². The van der Waals surface area contributed by atoms with Gasteiger partial charge in [-0.25, -0.2) is 9.97 Å². The maximum Gasteiger partial charge on any atom is 0.218 e. The van der Waals surface area contributed by atoms with E-state index in [9.17, 15) is 0 Å². The Morgan fingerprint density at radius 2 is 2.11 bits per heavy atom. The average molecular weight is 266 g/mol. The minimum Gasteiger partial charge on any atom is -0.478 e. The Hall–Kier alpha value is -1.36. The van der Waals surface area contributed by atoms with Crippen molar-refractivity contribution in [3.8, 4) is 5.88 Å². The molecule has 19 heavy (non-hydrogen) atoms. The van der Waals surface area contributed by atoms with E-state index in [1.54, 1.807) is 0 Å². The van der Waals surface area contributed by atoms with Gasteiger partial charge in [-0.05, 0) is 47.2 Å². The molecule has 0 unspecified atom stereocenters. The van der Waals surface area contributed by atoms with Crippen molar-refractivity contribution >= 4 is 5.82 Å². The largest absolute Gasteiger partial charge is 0.478 e. The molecule has 5 heteroatoms. The number of aromatic nitrogens is 2. The highest BCUT2D eigenvalue weighted by Crippen LogP contribution is 2.10. The molecule has 1 aromatic heterocycles. The van der Waals surface area contributed by atoms with Gasteiger partial charge in [0, 0.05) is 18.7 Å². The van der Waals surface area contributed by atoms with E-state index in [0.717, 1.165) is 25.3 Å². The molecule has 0 fully saturated rings. The molecule has 0 aliphatic heterocycles. The molecule has 0 saturated heterocycles. The lowest BCUT2D eigenvalue weighted by molar-refractivity contribution is 0.269. The number of hydrogen-bond donors (Lipinski definition) is 1. The summed E-state index contributed by atoms with van der Waals surface area (Å²) in [4.78, 5) is 10.6. The molecule has 0 saturated carbocycles. The zero-order valence-corrected chi connectivity index (χ0v) is 12.5. The van der Waals surface area contributed by atoms with Gasteiger partial charge in [0.05, 0.1) is 6.61 Å². The second-order valence-corrected chi connectivity index (χ2v) is 4.88. The zero-order chi connectivity index (χ0) is 14.1. The summed E-state index contributed by atoms with van der Waals surface area (Å²) < 4.78 is 5.33. The number of anilines is 1. The fourth-order valence-corrected chi connectivity index (χ4v) is 1.62. The van der Waals surface area contributed by atoms with Crippen LogP contribution in [-0.4, -0.2) is 47.7 Å². The van der Waals surface area contributed by atoms with Crippen LogP contribution in [0.2, 0.25) is 0 Å². The van der Waals surface area contributed by atoms with Crippen LogP contribution in [0.4, 0.5) is 5.82 Å². The van der Waals surface area contributed by atoms with Crippen molar-refractivity contribution < 1.29 is 4.74 Å². The van der Waals surface area contributed by atoms with Crippen LogP contribution >= 0.6 is 0 Å². The van der Waals surface area contributed by atoms with Crippen LogP contribution in [0.1, 0.15) is 33.6 Å². The molecule has 5 nitrogen and oxygen atoms in total. The lowest BCUT2D eigenvalue weighted by Crippen LogP contribution is -2.27. The first-order valence-corrected chi connectivity index (χ1v) is 7.02. The predicted octanol–water partition coefficient (Wildman–Crippen LogP) is 2.41. The van der Waals surface area contributed by atoms with Gasteiger partial charge in [0.1, 0.15) is 12.1 Å². The Morgan fingerprint density at radius 1 is 1.32 bits per heavy atom. The Labute approximate surface area is 116 Å².